The summed E-state index contributed by atoms with van der Waals surface area (Å²) in [5.74, 6) is -9.43. The Morgan fingerprint density at radius 2 is 1.63 bits per heavy atom. The van der Waals surface area contributed by atoms with Gasteiger partial charge >= 0.3 is 18.4 Å². The highest BCUT2D eigenvalue weighted by atomic mass is 35.5. The zero-order valence-corrected chi connectivity index (χ0v) is 38.9. The van der Waals surface area contributed by atoms with Gasteiger partial charge in [0.25, 0.3) is 5.92 Å². The zero-order chi connectivity index (χ0) is 52.0. The number of amides is 3. The third-order valence-electron chi connectivity index (χ3n) is 11.7. The van der Waals surface area contributed by atoms with Gasteiger partial charge in [-0.1, -0.05) is 23.6 Å². The predicted molar refractivity (Wildman–Crippen MR) is 231 cm³/mol. The molecule has 3 amide bonds. The summed E-state index contributed by atoms with van der Waals surface area (Å²) in [5.41, 5.74) is -1.38. The van der Waals surface area contributed by atoms with Crippen LogP contribution in [0.5, 0.6) is 0 Å². The molecule has 2 aromatic carbocycles. The number of anilines is 1. The predicted octanol–water partition coefficient (Wildman–Crippen LogP) is 6.71. The first-order valence-electron chi connectivity index (χ1n) is 20.4. The summed E-state index contributed by atoms with van der Waals surface area (Å²) in [5, 5.41) is 17.5. The van der Waals surface area contributed by atoms with Gasteiger partial charge in [0.2, 0.25) is 15.9 Å². The number of benzene rings is 2. The number of carbonyl (C=O) groups is 2. The van der Waals surface area contributed by atoms with Crippen LogP contribution in [0.3, 0.4) is 0 Å². The number of carbonyl (C=O) groups excluding carboxylic acids is 2. The topological polar surface area (TPSA) is 212 Å². The molecule has 70 heavy (non-hydrogen) atoms. The van der Waals surface area contributed by atoms with Crippen molar-refractivity contribution in [2.45, 2.75) is 74.1 Å². The molecule has 3 heterocycles. The highest BCUT2D eigenvalue weighted by Crippen LogP contribution is 2.69. The Labute approximate surface area is 395 Å². The van der Waals surface area contributed by atoms with Crippen molar-refractivity contribution in [1.29, 1.82) is 0 Å². The number of sulfone groups is 1. The molecule has 5 aromatic rings. The fourth-order valence-corrected chi connectivity index (χ4v) is 9.65. The largest absolute Gasteiger partial charge is 0.435 e. The lowest BCUT2D eigenvalue weighted by Gasteiger charge is -2.29. The molecule has 7 rings (SSSR count). The highest BCUT2D eigenvalue weighted by Gasteiger charge is 2.69. The molecule has 376 valence electrons. The molecule has 1 saturated carbocycles. The van der Waals surface area contributed by atoms with Gasteiger partial charge < -0.3 is 16.2 Å². The SMILES string of the molecule is CC(C)(C#Cc1ccc(-c2ccc(Cl)c3c(N(C(=O)NCCO)S(C)(=O)=O)nn(CC(F)(F)F)c23)c([C@@H](Cc2cc(F)cc(F)c2)C(C(N)=O)n2nc(C(F)(F)F)c3c2C(F)(F)[C@@H]2C[C@H]32)n1)S(C)(=O)=O. The number of primary amides is 1. The number of hydrogen-bond acceptors (Lipinski definition) is 10. The molecule has 15 nitrogen and oxygen atoms in total. The van der Waals surface area contributed by atoms with Crippen LogP contribution in [0, 0.1) is 29.4 Å². The van der Waals surface area contributed by atoms with Crippen molar-refractivity contribution in [2.75, 3.05) is 30.0 Å². The number of aliphatic hydroxyl groups is 1. The first kappa shape index (κ1) is 51.9. The van der Waals surface area contributed by atoms with E-state index in [4.69, 9.17) is 17.3 Å². The van der Waals surface area contributed by atoms with E-state index in [0.717, 1.165) is 30.5 Å². The van der Waals surface area contributed by atoms with Crippen molar-refractivity contribution in [3.8, 4) is 23.0 Å². The summed E-state index contributed by atoms with van der Waals surface area (Å²) >= 11 is 6.58. The maximum absolute atomic E-state index is 16.3. The van der Waals surface area contributed by atoms with E-state index in [2.05, 4.69) is 32.3 Å². The monoisotopic (exact) mass is 1050 g/mol. The molecular formula is C42H37ClF10N8O7S2. The Bertz CT molecular complexity index is 3260. The van der Waals surface area contributed by atoms with Crippen LogP contribution < -0.4 is 15.4 Å². The number of hydrogen-bond donors (Lipinski definition) is 3. The van der Waals surface area contributed by atoms with E-state index in [9.17, 15) is 66.7 Å². The van der Waals surface area contributed by atoms with Gasteiger partial charge in [0.05, 0.1) is 34.5 Å². The zero-order valence-electron chi connectivity index (χ0n) is 36.5. The van der Waals surface area contributed by atoms with Gasteiger partial charge in [-0.15, -0.1) is 0 Å². The minimum Gasteiger partial charge on any atom is -0.395 e. The van der Waals surface area contributed by atoms with E-state index in [1.54, 1.807) is 0 Å². The van der Waals surface area contributed by atoms with Crippen molar-refractivity contribution in [3.05, 3.63) is 93.0 Å². The third kappa shape index (κ3) is 9.73. The standard InChI is InChI=1S/C42H37ClF10N8O7S2/c1-39(2,69(3,65)66)10-9-22-5-6-23(24-7-8-28(43)30-32(24)59(18-40(46,47)48)58-37(30)61(70(4,67)68)38(64)55-11-12-62)31(56-22)26(15-19-13-20(44)16-21(45)14-19)33(36(54)63)60-35-29(34(57-60)42(51,52)53)25-17-27(25)41(35,49)50/h5-8,13-14,16,25-27,33,62H,11-12,15,17-18H2,1-4H3,(H2,54,63)(H,55,64)/t25-,26+,27+,33?/m0/s1. The molecule has 3 aromatic heterocycles. The van der Waals surface area contributed by atoms with E-state index in [0.29, 0.717) is 24.5 Å². The van der Waals surface area contributed by atoms with Crippen LogP contribution in [0.15, 0.2) is 42.5 Å². The number of fused-ring (bicyclic) bond motifs is 4. The Balaban J connectivity index is 1.63. The molecule has 28 heteroatoms. The second kappa shape index (κ2) is 17.7. The summed E-state index contributed by atoms with van der Waals surface area (Å²) < 4.78 is 200. The number of halogens is 11. The summed E-state index contributed by atoms with van der Waals surface area (Å²) in [7, 11) is -8.82. The smallest absolute Gasteiger partial charge is 0.395 e. The third-order valence-corrected chi connectivity index (χ3v) is 15.0. The second-order valence-corrected chi connectivity index (χ2v) is 21.9. The van der Waals surface area contributed by atoms with Crippen LogP contribution in [-0.2, 0) is 49.7 Å². The van der Waals surface area contributed by atoms with Crippen LogP contribution in [0.1, 0.15) is 72.0 Å². The lowest BCUT2D eigenvalue weighted by atomic mass is 9.84. The molecule has 0 saturated heterocycles. The van der Waals surface area contributed by atoms with E-state index in [1.807, 2.05) is 0 Å². The number of urea groups is 1. The van der Waals surface area contributed by atoms with Crippen LogP contribution in [0.2, 0.25) is 5.02 Å². The number of nitrogens with two attached hydrogens (primary N) is 1. The molecule has 1 fully saturated rings. The normalized spacial score (nSPS) is 17.6. The van der Waals surface area contributed by atoms with Crippen molar-refractivity contribution in [3.63, 3.8) is 0 Å². The van der Waals surface area contributed by atoms with Crippen LogP contribution >= 0.6 is 11.6 Å². The van der Waals surface area contributed by atoms with Crippen LogP contribution in [0.4, 0.5) is 54.5 Å². The maximum atomic E-state index is 16.3. The van der Waals surface area contributed by atoms with Gasteiger partial charge in [-0.3, -0.25) is 9.48 Å². The van der Waals surface area contributed by atoms with Crippen molar-refractivity contribution >= 4 is 60.1 Å². The number of aliphatic hydroxyl groups excluding tert-OH is 1. The number of aromatic nitrogens is 5. The molecular weight excluding hydrogens is 1020 g/mol. The quantitative estimate of drug-likeness (QED) is 0.0838. The first-order chi connectivity index (χ1) is 32.2. The van der Waals surface area contributed by atoms with E-state index in [1.165, 1.54) is 13.8 Å². The molecule has 2 aliphatic rings. The number of alkyl halides is 8. The summed E-state index contributed by atoms with van der Waals surface area (Å²) in [6.45, 7) is -0.946. The van der Waals surface area contributed by atoms with Gasteiger partial charge in [0.1, 0.15) is 40.4 Å². The van der Waals surface area contributed by atoms with Crippen LogP contribution in [-0.4, -0.2) is 95.0 Å². The average molecular weight is 1060 g/mol. The Kier molecular flexibility index (Phi) is 13.1. The number of sulfonamides is 1. The summed E-state index contributed by atoms with van der Waals surface area (Å²) in [6.07, 6.45) is -10.6. The number of nitrogens with one attached hydrogen (secondary N) is 1. The fourth-order valence-electron chi connectivity index (χ4n) is 8.37. The minimum absolute atomic E-state index is 0.0550. The van der Waals surface area contributed by atoms with E-state index < -0.39 is 190 Å². The van der Waals surface area contributed by atoms with E-state index in [-0.39, 0.29) is 13.7 Å². The molecule has 0 spiro atoms. The number of rotatable bonds is 13. The van der Waals surface area contributed by atoms with Gasteiger partial charge in [-0.25, -0.2) is 40.1 Å². The van der Waals surface area contributed by atoms with Crippen molar-refractivity contribution < 1.29 is 75.4 Å². The molecule has 0 radical (unpaired) electrons. The minimum atomic E-state index is -5.41. The maximum Gasteiger partial charge on any atom is 0.435 e. The van der Waals surface area contributed by atoms with Gasteiger partial charge in [-0.05, 0) is 74.4 Å². The lowest BCUT2D eigenvalue weighted by molar-refractivity contribution is -0.143. The molecule has 0 aliphatic heterocycles. The summed E-state index contributed by atoms with van der Waals surface area (Å²) in [4.78, 5) is 31.8. The lowest BCUT2D eigenvalue weighted by Crippen LogP contribution is -2.44. The highest BCUT2D eigenvalue weighted by molar-refractivity contribution is 7.93. The van der Waals surface area contributed by atoms with Gasteiger partial charge in [0, 0.05) is 47.4 Å². The van der Waals surface area contributed by atoms with Crippen molar-refractivity contribution in [2.24, 2.45) is 11.7 Å². The fraction of sp³-hybridized carbons (Fsp3) is 0.405. The molecule has 0 bridgehead atoms. The molecule has 1 unspecified atom stereocenters. The Morgan fingerprint density at radius 3 is 2.19 bits per heavy atom. The molecule has 4 atom stereocenters. The molecule has 2 aliphatic carbocycles. The number of pyridine rings is 1. The Hall–Kier alpha value is -5.98. The second-order valence-electron chi connectivity index (χ2n) is 17.1. The first-order valence-corrected chi connectivity index (χ1v) is 24.5. The Morgan fingerprint density at radius 1 is 1.00 bits per heavy atom. The van der Waals surface area contributed by atoms with E-state index >= 15 is 8.78 Å². The molecule has 4 N–H and O–H groups in total. The van der Waals surface area contributed by atoms with Gasteiger partial charge in [0.15, 0.2) is 21.3 Å². The number of nitrogens with zero attached hydrogens (tertiary/aromatic N) is 6. The summed E-state index contributed by atoms with van der Waals surface area (Å²) in [6, 6.07) is 1.90. The van der Waals surface area contributed by atoms with Gasteiger partial charge in [-0.2, -0.15) is 49.6 Å². The van der Waals surface area contributed by atoms with Crippen LogP contribution in [0.25, 0.3) is 22.0 Å². The average Bonchev–Trinajstić information content (AvgIpc) is 3.71. The van der Waals surface area contributed by atoms with Crippen molar-refractivity contribution in [1.82, 2.24) is 29.9 Å².